The lowest BCUT2D eigenvalue weighted by atomic mass is 10.3. The van der Waals surface area contributed by atoms with Gasteiger partial charge in [0.1, 0.15) is 9.65 Å². The molecule has 0 aromatic carbocycles. The molecule has 0 heterocycles. The molecule has 2 atom stereocenters. The highest BCUT2D eigenvalue weighted by atomic mass is 79.9. The van der Waals surface area contributed by atoms with Crippen LogP contribution < -0.4 is 0 Å². The van der Waals surface area contributed by atoms with Crippen LogP contribution in [0.5, 0.6) is 0 Å². The third-order valence-corrected chi connectivity index (χ3v) is 4.30. The van der Waals surface area contributed by atoms with E-state index in [1.165, 1.54) is 0 Å². The van der Waals surface area contributed by atoms with Crippen LogP contribution in [0.2, 0.25) is 0 Å². The number of halogens is 2. The number of carbonyl (C=O) groups is 2. The fraction of sp³-hybridized carbons (Fsp3) is 0.833. The van der Waals surface area contributed by atoms with Crippen molar-refractivity contribution in [2.45, 2.75) is 49.2 Å². The lowest BCUT2D eigenvalue weighted by Crippen LogP contribution is -2.18. The summed E-state index contributed by atoms with van der Waals surface area (Å²) in [7, 11) is 0. The number of unbranched alkanes of at least 4 members (excludes halogenated alkanes) is 1. The van der Waals surface area contributed by atoms with Crippen LogP contribution in [0, 0.1) is 0 Å². The van der Waals surface area contributed by atoms with Gasteiger partial charge in [0.15, 0.2) is 0 Å². The third-order valence-electron chi connectivity index (χ3n) is 2.26. The van der Waals surface area contributed by atoms with Gasteiger partial charge in [0.2, 0.25) is 0 Å². The smallest absolute Gasteiger partial charge is 0.319 e. The molecule has 0 saturated carbocycles. The van der Waals surface area contributed by atoms with E-state index in [4.69, 9.17) is 9.47 Å². The van der Waals surface area contributed by atoms with Gasteiger partial charge in [0, 0.05) is 0 Å². The molecule has 0 aliphatic heterocycles. The van der Waals surface area contributed by atoms with Gasteiger partial charge in [-0.15, -0.1) is 0 Å². The molecular weight excluding hydrogens is 368 g/mol. The van der Waals surface area contributed by atoms with Gasteiger partial charge in [0.05, 0.1) is 13.2 Å². The Hall–Kier alpha value is -0.100. The van der Waals surface area contributed by atoms with Gasteiger partial charge in [-0.1, -0.05) is 45.7 Å². The highest BCUT2D eigenvalue weighted by Gasteiger charge is 2.14. The van der Waals surface area contributed by atoms with Crippen molar-refractivity contribution in [3.63, 3.8) is 0 Å². The summed E-state index contributed by atoms with van der Waals surface area (Å²) in [6.07, 6.45) is 2.81. The molecule has 0 aromatic rings. The zero-order valence-corrected chi connectivity index (χ0v) is 14.0. The molecular formula is C12H20Br2O4. The van der Waals surface area contributed by atoms with Crippen molar-refractivity contribution in [1.29, 1.82) is 0 Å². The molecule has 0 fully saturated rings. The molecule has 0 rings (SSSR count). The second-order valence-corrected chi connectivity index (χ2v) is 6.00. The summed E-state index contributed by atoms with van der Waals surface area (Å²) in [6, 6.07) is 0. The number of rotatable bonds is 9. The highest BCUT2D eigenvalue weighted by molar-refractivity contribution is 9.10. The van der Waals surface area contributed by atoms with E-state index in [1.54, 1.807) is 0 Å². The molecule has 0 saturated heterocycles. The van der Waals surface area contributed by atoms with Crippen LogP contribution in [0.15, 0.2) is 0 Å². The molecule has 2 unspecified atom stereocenters. The first-order chi connectivity index (χ1) is 8.52. The number of ether oxygens (including phenoxy) is 2. The van der Waals surface area contributed by atoms with E-state index in [1.807, 2.05) is 13.8 Å². The number of alkyl halides is 2. The van der Waals surface area contributed by atoms with E-state index in [-0.39, 0.29) is 21.6 Å². The topological polar surface area (TPSA) is 52.6 Å². The van der Waals surface area contributed by atoms with Gasteiger partial charge >= 0.3 is 11.9 Å². The second kappa shape index (κ2) is 10.8. The Morgan fingerprint density at radius 1 is 0.889 bits per heavy atom. The SMILES string of the molecule is CCC(Br)C(=O)OCCCCOC(=O)C(Br)CC. The monoisotopic (exact) mass is 386 g/mol. The Kier molecular flexibility index (Phi) is 10.7. The molecule has 18 heavy (non-hydrogen) atoms. The van der Waals surface area contributed by atoms with Gasteiger partial charge in [-0.3, -0.25) is 9.59 Å². The van der Waals surface area contributed by atoms with Crippen LogP contribution in [0.3, 0.4) is 0 Å². The number of hydrogen-bond donors (Lipinski definition) is 0. The van der Waals surface area contributed by atoms with Gasteiger partial charge in [-0.25, -0.2) is 0 Å². The zero-order valence-electron chi connectivity index (χ0n) is 10.8. The molecule has 0 bridgehead atoms. The van der Waals surface area contributed by atoms with Gasteiger partial charge in [-0.05, 0) is 25.7 Å². The van der Waals surface area contributed by atoms with Crippen molar-refractivity contribution in [2.75, 3.05) is 13.2 Å². The van der Waals surface area contributed by atoms with E-state index < -0.39 is 0 Å². The van der Waals surface area contributed by atoms with Crippen molar-refractivity contribution in [2.24, 2.45) is 0 Å². The fourth-order valence-electron chi connectivity index (χ4n) is 1.06. The van der Waals surface area contributed by atoms with Gasteiger partial charge < -0.3 is 9.47 Å². The summed E-state index contributed by atoms with van der Waals surface area (Å²) in [5.74, 6) is -0.470. The maximum Gasteiger partial charge on any atom is 0.319 e. The quantitative estimate of drug-likeness (QED) is 0.346. The summed E-state index contributed by atoms with van der Waals surface area (Å²) in [6.45, 7) is 4.54. The average molecular weight is 388 g/mol. The van der Waals surface area contributed by atoms with E-state index in [0.29, 0.717) is 38.9 Å². The Morgan fingerprint density at radius 3 is 1.50 bits per heavy atom. The minimum atomic E-state index is -0.235. The predicted octanol–water partition coefficient (Wildman–Crippen LogP) is 3.20. The summed E-state index contributed by atoms with van der Waals surface area (Å²) >= 11 is 6.44. The van der Waals surface area contributed by atoms with Gasteiger partial charge in [-0.2, -0.15) is 0 Å². The van der Waals surface area contributed by atoms with Crippen molar-refractivity contribution < 1.29 is 19.1 Å². The van der Waals surface area contributed by atoms with Crippen LogP contribution in [0.25, 0.3) is 0 Å². The van der Waals surface area contributed by atoms with Crippen LogP contribution in [-0.4, -0.2) is 34.8 Å². The summed E-state index contributed by atoms with van der Waals surface area (Å²) in [5, 5.41) is 0. The van der Waals surface area contributed by atoms with Gasteiger partial charge in [0.25, 0.3) is 0 Å². The third kappa shape index (κ3) is 8.08. The molecule has 0 radical (unpaired) electrons. The van der Waals surface area contributed by atoms with E-state index >= 15 is 0 Å². The first kappa shape index (κ1) is 17.9. The molecule has 0 aliphatic rings. The maximum absolute atomic E-state index is 11.3. The lowest BCUT2D eigenvalue weighted by Gasteiger charge is -2.09. The largest absolute Gasteiger partial charge is 0.465 e. The van der Waals surface area contributed by atoms with Crippen LogP contribution in [-0.2, 0) is 19.1 Å². The summed E-state index contributed by atoms with van der Waals surface area (Å²) in [4.78, 5) is 22.1. The molecule has 6 heteroatoms. The zero-order chi connectivity index (χ0) is 14.0. The normalized spacial score (nSPS) is 13.8. The van der Waals surface area contributed by atoms with E-state index in [9.17, 15) is 9.59 Å². The van der Waals surface area contributed by atoms with Crippen molar-refractivity contribution >= 4 is 43.8 Å². The Balaban J connectivity index is 3.47. The predicted molar refractivity (Wildman–Crippen MR) is 77.2 cm³/mol. The average Bonchev–Trinajstić information content (AvgIpc) is 2.39. The maximum atomic E-state index is 11.3. The Morgan fingerprint density at radius 2 is 1.22 bits per heavy atom. The lowest BCUT2D eigenvalue weighted by molar-refractivity contribution is -0.145. The number of carbonyl (C=O) groups excluding carboxylic acids is 2. The molecule has 0 spiro atoms. The molecule has 106 valence electrons. The van der Waals surface area contributed by atoms with E-state index in [2.05, 4.69) is 31.9 Å². The first-order valence-electron chi connectivity index (χ1n) is 6.14. The Bertz CT molecular complexity index is 232. The Labute approximate surface area is 125 Å². The van der Waals surface area contributed by atoms with Crippen molar-refractivity contribution in [3.05, 3.63) is 0 Å². The molecule has 4 nitrogen and oxygen atoms in total. The molecule has 0 aliphatic carbocycles. The van der Waals surface area contributed by atoms with Crippen LogP contribution in [0.1, 0.15) is 39.5 Å². The van der Waals surface area contributed by atoms with E-state index in [0.717, 1.165) is 0 Å². The highest BCUT2D eigenvalue weighted by Crippen LogP contribution is 2.08. The van der Waals surface area contributed by atoms with Crippen molar-refractivity contribution in [1.82, 2.24) is 0 Å². The number of hydrogen-bond acceptors (Lipinski definition) is 4. The van der Waals surface area contributed by atoms with Crippen LogP contribution in [0.4, 0.5) is 0 Å². The second-order valence-electron chi connectivity index (χ2n) is 3.79. The minimum Gasteiger partial charge on any atom is -0.465 e. The minimum absolute atomic E-state index is 0.228. The fourth-order valence-corrected chi connectivity index (χ4v) is 1.33. The van der Waals surface area contributed by atoms with Crippen molar-refractivity contribution in [3.8, 4) is 0 Å². The van der Waals surface area contributed by atoms with Crippen LogP contribution >= 0.6 is 31.9 Å². The first-order valence-corrected chi connectivity index (χ1v) is 7.97. The molecule has 0 amide bonds. The molecule has 0 aromatic heterocycles. The molecule has 0 N–H and O–H groups in total. The summed E-state index contributed by atoms with van der Waals surface area (Å²) < 4.78 is 10.1. The summed E-state index contributed by atoms with van der Waals surface area (Å²) in [5.41, 5.74) is 0. The number of esters is 2. The standard InChI is InChI=1S/C12H20Br2O4/c1-3-9(13)11(15)17-7-5-6-8-18-12(16)10(14)4-2/h9-10H,3-8H2,1-2H3.